The van der Waals surface area contributed by atoms with E-state index in [0.717, 1.165) is 0 Å². The number of nitrogens with one attached hydrogen (secondary N) is 1. The second kappa shape index (κ2) is 4.72. The number of rotatable bonds is 1. The van der Waals surface area contributed by atoms with E-state index in [0.29, 0.717) is 0 Å². The summed E-state index contributed by atoms with van der Waals surface area (Å²) in [6.45, 7) is -0.438. The minimum absolute atomic E-state index is 0. The van der Waals surface area contributed by atoms with Gasteiger partial charge in [0.05, 0.1) is 13.7 Å². The largest absolute Gasteiger partial charge is 0.468 e. The second-order valence-electron chi connectivity index (χ2n) is 2.85. The fourth-order valence-corrected chi connectivity index (χ4v) is 1.16. The van der Waals surface area contributed by atoms with Gasteiger partial charge in [-0.05, 0) is 6.42 Å². The van der Waals surface area contributed by atoms with Gasteiger partial charge in [0.15, 0.2) is 0 Å². The van der Waals surface area contributed by atoms with E-state index in [4.69, 9.17) is 0 Å². The van der Waals surface area contributed by atoms with Crippen LogP contribution in [0.5, 0.6) is 0 Å². The number of carbonyl (C=O) groups excluding carboxylic acids is 1. The Morgan fingerprint density at radius 1 is 1.62 bits per heavy atom. The van der Waals surface area contributed by atoms with Crippen molar-refractivity contribution in [2.24, 2.45) is 0 Å². The monoisotopic (exact) mass is 215 g/mol. The number of ether oxygens (including phenoxy) is 1. The smallest absolute Gasteiger partial charge is 0.322 e. The zero-order valence-corrected chi connectivity index (χ0v) is 8.00. The molecule has 6 heteroatoms. The van der Waals surface area contributed by atoms with Gasteiger partial charge in [0.1, 0.15) is 6.04 Å². The summed E-state index contributed by atoms with van der Waals surface area (Å²) in [5.41, 5.74) is 0. The van der Waals surface area contributed by atoms with Crippen LogP contribution in [0.2, 0.25) is 0 Å². The molecule has 1 aliphatic heterocycles. The van der Waals surface area contributed by atoms with Gasteiger partial charge in [0.2, 0.25) is 0 Å². The average Bonchev–Trinajstić information content (AvgIpc) is 2.03. The van der Waals surface area contributed by atoms with Gasteiger partial charge in [-0.15, -0.1) is 12.4 Å². The first-order chi connectivity index (χ1) is 5.55. The Morgan fingerprint density at radius 3 is 2.62 bits per heavy atom. The maximum atomic E-state index is 12.5. The summed E-state index contributed by atoms with van der Waals surface area (Å²) in [6, 6.07) is -0.561. The van der Waals surface area contributed by atoms with Gasteiger partial charge in [-0.1, -0.05) is 0 Å². The third kappa shape index (κ3) is 3.44. The number of piperidine rings is 1. The van der Waals surface area contributed by atoms with Gasteiger partial charge < -0.3 is 4.74 Å². The Labute approximate surface area is 81.2 Å². The molecule has 1 saturated heterocycles. The molecule has 78 valence electrons. The zero-order chi connectivity index (χ0) is 9.19. The molecule has 0 aliphatic carbocycles. The fraction of sp³-hybridized carbons (Fsp3) is 0.857. The third-order valence-electron chi connectivity index (χ3n) is 1.89. The number of hydrogen-bond donors (Lipinski definition) is 1. The first-order valence-electron chi connectivity index (χ1n) is 3.74. The third-order valence-corrected chi connectivity index (χ3v) is 1.89. The molecule has 1 N–H and O–H groups in total. The van der Waals surface area contributed by atoms with Gasteiger partial charge >= 0.3 is 5.97 Å². The van der Waals surface area contributed by atoms with E-state index in [-0.39, 0.29) is 25.2 Å². The van der Waals surface area contributed by atoms with Crippen molar-refractivity contribution in [1.29, 1.82) is 0 Å². The highest BCUT2D eigenvalue weighted by atomic mass is 35.5. The number of esters is 1. The van der Waals surface area contributed by atoms with Gasteiger partial charge in [-0.25, -0.2) is 8.78 Å². The summed E-state index contributed by atoms with van der Waals surface area (Å²) in [5.74, 6) is -3.14. The number of carbonyl (C=O) groups is 1. The minimum atomic E-state index is -2.68. The van der Waals surface area contributed by atoms with E-state index in [2.05, 4.69) is 10.1 Å². The van der Waals surface area contributed by atoms with Crippen molar-refractivity contribution in [3.05, 3.63) is 0 Å². The van der Waals surface area contributed by atoms with Gasteiger partial charge in [-0.3, -0.25) is 10.1 Å². The molecule has 1 unspecified atom stereocenters. The van der Waals surface area contributed by atoms with Crippen molar-refractivity contribution < 1.29 is 18.3 Å². The van der Waals surface area contributed by atoms with E-state index in [1.54, 1.807) is 0 Å². The Balaban J connectivity index is 0.00000144. The van der Waals surface area contributed by atoms with Crippen molar-refractivity contribution >= 4 is 18.4 Å². The Bertz CT molecular complexity index is 179. The van der Waals surface area contributed by atoms with Crippen LogP contribution in [0.1, 0.15) is 12.8 Å². The molecular formula is C7H12ClF2NO2. The van der Waals surface area contributed by atoms with E-state index in [9.17, 15) is 13.6 Å². The summed E-state index contributed by atoms with van der Waals surface area (Å²) < 4.78 is 29.5. The van der Waals surface area contributed by atoms with Gasteiger partial charge in [0.25, 0.3) is 5.92 Å². The van der Waals surface area contributed by atoms with Crippen molar-refractivity contribution in [3.63, 3.8) is 0 Å². The van der Waals surface area contributed by atoms with Crippen molar-refractivity contribution in [3.8, 4) is 0 Å². The highest BCUT2D eigenvalue weighted by Crippen LogP contribution is 2.24. The quantitative estimate of drug-likeness (QED) is 0.663. The highest BCUT2D eigenvalue weighted by molar-refractivity contribution is 5.85. The summed E-state index contributed by atoms with van der Waals surface area (Å²) in [7, 11) is 1.25. The van der Waals surface area contributed by atoms with Crippen LogP contribution in [0.25, 0.3) is 0 Å². The van der Waals surface area contributed by atoms with Crippen LogP contribution >= 0.6 is 12.4 Å². The minimum Gasteiger partial charge on any atom is -0.468 e. The van der Waals surface area contributed by atoms with Crippen LogP contribution in [0.4, 0.5) is 8.78 Å². The summed E-state index contributed by atoms with van der Waals surface area (Å²) in [5, 5.41) is 2.44. The van der Waals surface area contributed by atoms with Crippen LogP contribution in [-0.4, -0.2) is 31.6 Å². The molecule has 0 amide bonds. The van der Waals surface area contributed by atoms with Crippen LogP contribution < -0.4 is 5.32 Å². The van der Waals surface area contributed by atoms with Crippen molar-refractivity contribution in [2.75, 3.05) is 13.7 Å². The summed E-state index contributed by atoms with van der Waals surface area (Å²) in [4.78, 5) is 10.8. The zero-order valence-electron chi connectivity index (χ0n) is 7.18. The van der Waals surface area contributed by atoms with Gasteiger partial charge in [0, 0.05) is 6.42 Å². The molecule has 13 heavy (non-hydrogen) atoms. The molecule has 3 nitrogen and oxygen atoms in total. The topological polar surface area (TPSA) is 38.3 Å². The number of hydrogen-bond acceptors (Lipinski definition) is 3. The molecule has 0 aromatic heterocycles. The normalized spacial score (nSPS) is 25.9. The van der Waals surface area contributed by atoms with Crippen LogP contribution in [0, 0.1) is 0 Å². The molecule has 1 rings (SSSR count). The molecule has 0 spiro atoms. The predicted octanol–water partition coefficient (Wildman–Crippen LogP) is 0.968. The van der Waals surface area contributed by atoms with E-state index in [1.807, 2.05) is 0 Å². The Hall–Kier alpha value is -0.420. The number of methoxy groups -OCH3 is 1. The number of halogens is 3. The molecule has 0 bridgehead atoms. The van der Waals surface area contributed by atoms with Crippen molar-refractivity contribution in [1.82, 2.24) is 5.32 Å². The second-order valence-corrected chi connectivity index (χ2v) is 2.85. The molecule has 0 aromatic rings. The first-order valence-corrected chi connectivity index (χ1v) is 3.74. The predicted molar refractivity (Wildman–Crippen MR) is 45.2 cm³/mol. The highest BCUT2D eigenvalue weighted by Gasteiger charge is 2.37. The first kappa shape index (κ1) is 12.6. The molecule has 1 aliphatic rings. The van der Waals surface area contributed by atoms with E-state index >= 15 is 0 Å². The molecule has 1 fully saturated rings. The van der Waals surface area contributed by atoms with Crippen LogP contribution in [-0.2, 0) is 9.53 Å². The van der Waals surface area contributed by atoms with Crippen LogP contribution in [0.15, 0.2) is 0 Å². The van der Waals surface area contributed by atoms with Crippen molar-refractivity contribution in [2.45, 2.75) is 24.8 Å². The molecular weight excluding hydrogens is 204 g/mol. The SMILES string of the molecule is COC(=O)C1CCC(F)(F)CN1.Cl. The lowest BCUT2D eigenvalue weighted by atomic mass is 10.0. The lowest BCUT2D eigenvalue weighted by molar-refractivity contribution is -0.145. The lowest BCUT2D eigenvalue weighted by Gasteiger charge is -2.27. The molecule has 0 aromatic carbocycles. The maximum absolute atomic E-state index is 12.5. The lowest BCUT2D eigenvalue weighted by Crippen LogP contribution is -2.49. The Kier molecular flexibility index (Phi) is 4.56. The van der Waals surface area contributed by atoms with E-state index in [1.165, 1.54) is 7.11 Å². The Morgan fingerprint density at radius 2 is 2.23 bits per heavy atom. The fourth-order valence-electron chi connectivity index (χ4n) is 1.16. The number of alkyl halides is 2. The maximum Gasteiger partial charge on any atom is 0.322 e. The van der Waals surface area contributed by atoms with Crippen LogP contribution in [0.3, 0.4) is 0 Å². The van der Waals surface area contributed by atoms with Gasteiger partial charge in [-0.2, -0.15) is 0 Å². The van der Waals surface area contributed by atoms with E-state index < -0.39 is 24.5 Å². The summed E-state index contributed by atoms with van der Waals surface area (Å²) in [6.07, 6.45) is -0.112. The molecule has 1 heterocycles. The molecule has 0 saturated carbocycles. The summed E-state index contributed by atoms with van der Waals surface area (Å²) >= 11 is 0. The standard InChI is InChI=1S/C7H11F2NO2.ClH/c1-12-6(11)5-2-3-7(8,9)4-10-5;/h5,10H,2-4H2,1H3;1H. The molecule has 1 atom stereocenters. The molecule has 0 radical (unpaired) electrons. The average molecular weight is 216 g/mol.